The van der Waals surface area contributed by atoms with Gasteiger partial charge in [0.15, 0.2) is 0 Å². The van der Waals surface area contributed by atoms with Crippen LogP contribution in [0.3, 0.4) is 0 Å². The van der Waals surface area contributed by atoms with Crippen molar-refractivity contribution in [2.75, 3.05) is 20.1 Å². The lowest BCUT2D eigenvalue weighted by Gasteiger charge is -2.18. The molecule has 0 unspecified atom stereocenters. The molecule has 3 aromatic rings. The first-order valence-corrected chi connectivity index (χ1v) is 12.2. The monoisotopic (exact) mass is 546 g/mol. The van der Waals surface area contributed by atoms with E-state index in [1.165, 1.54) is 12.1 Å². The summed E-state index contributed by atoms with van der Waals surface area (Å²) in [6.45, 7) is 1.10. The molecule has 0 saturated carbocycles. The third kappa shape index (κ3) is 7.88. The van der Waals surface area contributed by atoms with Crippen molar-refractivity contribution in [2.45, 2.75) is 13.1 Å². The summed E-state index contributed by atoms with van der Waals surface area (Å²) in [5.74, 6) is -0.907. The summed E-state index contributed by atoms with van der Waals surface area (Å²) in [4.78, 5) is 38.9. The highest BCUT2D eigenvalue weighted by atomic mass is 35.5. The number of rotatable bonds is 9. The third-order valence-electron chi connectivity index (χ3n) is 5.17. The smallest absolute Gasteiger partial charge is 0.317 e. The van der Waals surface area contributed by atoms with Crippen molar-refractivity contribution in [1.29, 1.82) is 0 Å². The molecule has 7 nitrogen and oxygen atoms in total. The van der Waals surface area contributed by atoms with E-state index in [0.717, 1.165) is 11.1 Å². The van der Waals surface area contributed by atoms with Crippen molar-refractivity contribution in [3.05, 3.63) is 104 Å². The summed E-state index contributed by atoms with van der Waals surface area (Å²) in [7, 11) is 1.69. The molecule has 0 aliphatic heterocycles. The predicted octanol–water partition coefficient (Wildman–Crippen LogP) is 5.15. The van der Waals surface area contributed by atoms with Crippen LogP contribution in [0, 0.1) is 0 Å². The molecular formula is C26H25Cl3N4O3. The molecule has 188 valence electrons. The van der Waals surface area contributed by atoms with Crippen LogP contribution in [-0.2, 0) is 13.1 Å². The van der Waals surface area contributed by atoms with Gasteiger partial charge in [0.2, 0.25) is 0 Å². The zero-order valence-corrected chi connectivity index (χ0v) is 21.8. The number of nitrogens with zero attached hydrogens (tertiary/aromatic N) is 1. The van der Waals surface area contributed by atoms with Gasteiger partial charge in [-0.15, -0.1) is 0 Å². The molecule has 4 amide bonds. The Kier molecular flexibility index (Phi) is 9.99. The highest BCUT2D eigenvalue weighted by Gasteiger charge is 2.18. The maximum Gasteiger partial charge on any atom is 0.317 e. The van der Waals surface area contributed by atoms with Gasteiger partial charge in [-0.1, -0.05) is 77.3 Å². The Labute approximate surface area is 224 Å². The average Bonchev–Trinajstić information content (AvgIpc) is 2.85. The lowest BCUT2D eigenvalue weighted by Crippen LogP contribution is -2.41. The van der Waals surface area contributed by atoms with Gasteiger partial charge in [-0.05, 0) is 35.4 Å². The van der Waals surface area contributed by atoms with Crippen molar-refractivity contribution in [3.8, 4) is 0 Å². The van der Waals surface area contributed by atoms with Gasteiger partial charge >= 0.3 is 6.03 Å². The van der Waals surface area contributed by atoms with Gasteiger partial charge < -0.3 is 20.9 Å². The minimum absolute atomic E-state index is 0.0412. The number of nitrogens with one attached hydrogen (secondary N) is 3. The van der Waals surface area contributed by atoms with E-state index in [9.17, 15) is 14.4 Å². The Morgan fingerprint density at radius 1 is 0.750 bits per heavy atom. The molecule has 0 fully saturated rings. The van der Waals surface area contributed by atoms with Gasteiger partial charge in [0.25, 0.3) is 11.8 Å². The van der Waals surface area contributed by atoms with Gasteiger partial charge in [-0.3, -0.25) is 9.59 Å². The van der Waals surface area contributed by atoms with Crippen molar-refractivity contribution < 1.29 is 14.4 Å². The fourth-order valence-corrected chi connectivity index (χ4v) is 4.22. The van der Waals surface area contributed by atoms with Crippen LogP contribution in [0.15, 0.2) is 66.7 Å². The number of urea groups is 1. The molecule has 0 radical (unpaired) electrons. The van der Waals surface area contributed by atoms with Crippen LogP contribution in [0.4, 0.5) is 4.79 Å². The van der Waals surface area contributed by atoms with E-state index < -0.39 is 11.8 Å². The number of amides is 4. The quantitative estimate of drug-likeness (QED) is 0.324. The van der Waals surface area contributed by atoms with Crippen LogP contribution in [0.2, 0.25) is 15.1 Å². The molecule has 36 heavy (non-hydrogen) atoms. The minimum atomic E-state index is -0.511. The zero-order valence-electron chi connectivity index (χ0n) is 19.5. The molecule has 0 atom stereocenters. The van der Waals surface area contributed by atoms with E-state index in [1.807, 2.05) is 36.4 Å². The van der Waals surface area contributed by atoms with Crippen molar-refractivity contribution in [2.24, 2.45) is 0 Å². The fraction of sp³-hybridized carbons (Fsp3) is 0.192. The maximum absolute atomic E-state index is 12.6. The molecule has 0 heterocycles. The first-order valence-electron chi connectivity index (χ1n) is 11.1. The molecule has 3 rings (SSSR count). The molecule has 0 aliphatic rings. The van der Waals surface area contributed by atoms with Crippen molar-refractivity contribution in [3.63, 3.8) is 0 Å². The lowest BCUT2D eigenvalue weighted by atomic mass is 10.1. The van der Waals surface area contributed by atoms with E-state index in [4.69, 9.17) is 34.8 Å². The second-order valence-electron chi connectivity index (χ2n) is 7.96. The Hall–Kier alpha value is -3.26. The average molecular weight is 548 g/mol. The predicted molar refractivity (Wildman–Crippen MR) is 143 cm³/mol. The maximum atomic E-state index is 12.6. The summed E-state index contributed by atoms with van der Waals surface area (Å²) in [5.41, 5.74) is 2.12. The fourth-order valence-electron chi connectivity index (χ4n) is 3.35. The van der Waals surface area contributed by atoms with Crippen LogP contribution in [0.5, 0.6) is 0 Å². The number of hydrogen-bond acceptors (Lipinski definition) is 3. The Morgan fingerprint density at radius 2 is 1.39 bits per heavy atom. The number of carbonyl (C=O) groups is 3. The summed E-state index contributed by atoms with van der Waals surface area (Å²) >= 11 is 18.5. The van der Waals surface area contributed by atoms with E-state index in [-0.39, 0.29) is 46.8 Å². The Balaban J connectivity index is 1.49. The Morgan fingerprint density at radius 3 is 2.06 bits per heavy atom. The number of halogens is 3. The van der Waals surface area contributed by atoms with E-state index in [2.05, 4.69) is 16.0 Å². The number of carbonyl (C=O) groups excluding carboxylic acids is 3. The van der Waals surface area contributed by atoms with Crippen LogP contribution in [0.25, 0.3) is 0 Å². The molecule has 3 aromatic carbocycles. The lowest BCUT2D eigenvalue weighted by molar-refractivity contribution is 0.0940. The Bertz CT molecular complexity index is 1220. The standard InChI is InChI=1S/C26H25Cl3N4O3/c1-33(16-17-6-3-2-4-7-17)26(36)31-11-10-30-25(35)23-21(28)13-19(14-22(23)29)24(34)32-15-18-8-5-9-20(27)12-18/h2-9,12-14H,10-11,15-16H2,1H3,(H,30,35)(H,31,36)(H,32,34). The normalized spacial score (nSPS) is 10.4. The molecule has 3 N–H and O–H groups in total. The SMILES string of the molecule is CN(Cc1ccccc1)C(=O)NCCNC(=O)c1c(Cl)cc(C(=O)NCc2cccc(Cl)c2)cc1Cl. The second-order valence-corrected chi connectivity index (χ2v) is 9.21. The first-order chi connectivity index (χ1) is 17.2. The van der Waals surface area contributed by atoms with E-state index in [1.54, 1.807) is 30.1 Å². The molecule has 0 saturated heterocycles. The molecule has 0 spiro atoms. The highest BCUT2D eigenvalue weighted by Crippen LogP contribution is 2.27. The van der Waals surface area contributed by atoms with Gasteiger partial charge in [-0.2, -0.15) is 0 Å². The molecule has 0 aromatic heterocycles. The van der Waals surface area contributed by atoms with Crippen LogP contribution < -0.4 is 16.0 Å². The number of hydrogen-bond donors (Lipinski definition) is 3. The summed E-state index contributed by atoms with van der Waals surface area (Å²) in [5, 5.41) is 8.83. The van der Waals surface area contributed by atoms with Crippen LogP contribution >= 0.6 is 34.8 Å². The summed E-state index contributed by atoms with van der Waals surface area (Å²) in [6, 6.07) is 19.2. The zero-order chi connectivity index (χ0) is 26.1. The van der Waals surface area contributed by atoms with Crippen molar-refractivity contribution >= 4 is 52.6 Å². The summed E-state index contributed by atoms with van der Waals surface area (Å²) in [6.07, 6.45) is 0. The molecule has 0 bridgehead atoms. The molecular weight excluding hydrogens is 523 g/mol. The molecule has 0 aliphatic carbocycles. The topological polar surface area (TPSA) is 90.5 Å². The van der Waals surface area contributed by atoms with Gasteiger partial charge in [0, 0.05) is 43.8 Å². The van der Waals surface area contributed by atoms with Gasteiger partial charge in [0.1, 0.15) is 0 Å². The van der Waals surface area contributed by atoms with Crippen molar-refractivity contribution in [1.82, 2.24) is 20.9 Å². The van der Waals surface area contributed by atoms with Gasteiger partial charge in [0.05, 0.1) is 15.6 Å². The highest BCUT2D eigenvalue weighted by molar-refractivity contribution is 6.40. The second kappa shape index (κ2) is 13.2. The first kappa shape index (κ1) is 27.3. The van der Waals surface area contributed by atoms with Crippen LogP contribution in [-0.4, -0.2) is 42.9 Å². The number of benzene rings is 3. The van der Waals surface area contributed by atoms with E-state index in [0.29, 0.717) is 11.6 Å². The van der Waals surface area contributed by atoms with Crippen LogP contribution in [0.1, 0.15) is 31.8 Å². The summed E-state index contributed by atoms with van der Waals surface area (Å²) < 4.78 is 0. The van der Waals surface area contributed by atoms with E-state index >= 15 is 0 Å². The third-order valence-corrected chi connectivity index (χ3v) is 6.00. The minimum Gasteiger partial charge on any atom is -0.350 e. The van der Waals surface area contributed by atoms with Gasteiger partial charge in [-0.25, -0.2) is 4.79 Å². The molecule has 10 heteroatoms. The largest absolute Gasteiger partial charge is 0.350 e.